The van der Waals surface area contributed by atoms with E-state index >= 15 is 0 Å². The van der Waals surface area contributed by atoms with Gasteiger partial charge < -0.3 is 9.53 Å². The minimum atomic E-state index is 0.0440. The normalized spacial score (nSPS) is 11.4. The molecule has 0 amide bonds. The molecule has 0 spiro atoms. The summed E-state index contributed by atoms with van der Waals surface area (Å²) < 4.78 is 5.58. The summed E-state index contributed by atoms with van der Waals surface area (Å²) in [6.45, 7) is 10.3. The van der Waals surface area contributed by atoms with E-state index in [-0.39, 0.29) is 11.2 Å². The summed E-state index contributed by atoms with van der Waals surface area (Å²) in [6, 6.07) is 4.30. The third kappa shape index (κ3) is 3.59. The molecule has 2 nitrogen and oxygen atoms in total. The highest BCUT2D eigenvalue weighted by Crippen LogP contribution is 2.35. The van der Waals surface area contributed by atoms with Crippen molar-refractivity contribution in [3.8, 4) is 5.75 Å². The van der Waals surface area contributed by atoms with Gasteiger partial charge in [0.05, 0.1) is 7.11 Å². The molecule has 0 aliphatic heterocycles. The monoisotopic (exact) mass is 248 g/mol. The van der Waals surface area contributed by atoms with Gasteiger partial charge in [0.15, 0.2) is 0 Å². The zero-order chi connectivity index (χ0) is 13.9. The molecule has 0 saturated carbocycles. The van der Waals surface area contributed by atoms with Crippen molar-refractivity contribution in [2.75, 3.05) is 7.11 Å². The molecule has 1 aromatic rings. The number of hydrogen-bond donors (Lipinski definition) is 0. The standard InChI is InChI=1S/C16H24O2/c1-11-9-13(8-7-12(2)17)15(18-6)14(10-11)16(3,4)5/h9-10H,7-8H2,1-6H3. The van der Waals surface area contributed by atoms with Gasteiger partial charge in [-0.25, -0.2) is 0 Å². The zero-order valence-corrected chi connectivity index (χ0v) is 12.4. The van der Waals surface area contributed by atoms with E-state index < -0.39 is 0 Å². The maximum Gasteiger partial charge on any atom is 0.130 e. The van der Waals surface area contributed by atoms with Gasteiger partial charge >= 0.3 is 0 Å². The van der Waals surface area contributed by atoms with Crippen molar-refractivity contribution in [3.05, 3.63) is 28.8 Å². The van der Waals surface area contributed by atoms with Crippen molar-refractivity contribution in [1.82, 2.24) is 0 Å². The summed E-state index contributed by atoms with van der Waals surface area (Å²) in [4.78, 5) is 11.1. The number of ether oxygens (including phenoxy) is 1. The molecule has 0 aliphatic rings. The van der Waals surface area contributed by atoms with Crippen LogP contribution in [-0.4, -0.2) is 12.9 Å². The van der Waals surface area contributed by atoms with Crippen LogP contribution in [0.2, 0.25) is 0 Å². The summed E-state index contributed by atoms with van der Waals surface area (Å²) in [5, 5.41) is 0. The minimum Gasteiger partial charge on any atom is -0.496 e. The van der Waals surface area contributed by atoms with Crippen LogP contribution in [0.15, 0.2) is 12.1 Å². The molecule has 0 fully saturated rings. The van der Waals surface area contributed by atoms with E-state index in [1.165, 1.54) is 11.1 Å². The zero-order valence-electron chi connectivity index (χ0n) is 12.4. The Morgan fingerprint density at radius 1 is 1.28 bits per heavy atom. The fourth-order valence-electron chi connectivity index (χ4n) is 2.14. The molecule has 2 heteroatoms. The predicted molar refractivity (Wildman–Crippen MR) is 75.4 cm³/mol. The van der Waals surface area contributed by atoms with Gasteiger partial charge in [-0.05, 0) is 31.2 Å². The highest BCUT2D eigenvalue weighted by Gasteiger charge is 2.21. The molecule has 0 saturated heterocycles. The van der Waals surface area contributed by atoms with E-state index in [0.29, 0.717) is 6.42 Å². The second-order valence-electron chi connectivity index (χ2n) is 5.96. The highest BCUT2D eigenvalue weighted by atomic mass is 16.5. The number of benzene rings is 1. The molecular formula is C16H24O2. The van der Waals surface area contributed by atoms with E-state index in [9.17, 15) is 4.79 Å². The lowest BCUT2D eigenvalue weighted by molar-refractivity contribution is -0.116. The van der Waals surface area contributed by atoms with Gasteiger partial charge in [-0.3, -0.25) is 0 Å². The second kappa shape index (κ2) is 5.55. The lowest BCUT2D eigenvalue weighted by atomic mass is 9.83. The second-order valence-corrected chi connectivity index (χ2v) is 5.96. The van der Waals surface area contributed by atoms with Crippen LogP contribution in [0.25, 0.3) is 0 Å². The van der Waals surface area contributed by atoms with Crippen molar-refractivity contribution >= 4 is 5.78 Å². The summed E-state index contributed by atoms with van der Waals surface area (Å²) in [5.74, 6) is 1.16. The Kier molecular flexibility index (Phi) is 4.55. The Morgan fingerprint density at radius 2 is 1.89 bits per heavy atom. The number of rotatable bonds is 4. The fraction of sp³-hybridized carbons (Fsp3) is 0.562. The van der Waals surface area contributed by atoms with Gasteiger partial charge in [0, 0.05) is 12.0 Å². The first-order chi connectivity index (χ1) is 8.25. The Labute approximate surface area is 110 Å². The molecule has 0 atom stereocenters. The average molecular weight is 248 g/mol. The first-order valence-electron chi connectivity index (χ1n) is 6.43. The van der Waals surface area contributed by atoms with Crippen molar-refractivity contribution in [2.24, 2.45) is 0 Å². The maximum absolute atomic E-state index is 11.1. The number of carbonyl (C=O) groups excluding carboxylic acids is 1. The van der Waals surface area contributed by atoms with E-state index in [1.54, 1.807) is 14.0 Å². The lowest BCUT2D eigenvalue weighted by Gasteiger charge is -2.24. The molecule has 0 aliphatic carbocycles. The summed E-state index contributed by atoms with van der Waals surface area (Å²) in [6.07, 6.45) is 1.33. The minimum absolute atomic E-state index is 0.0440. The lowest BCUT2D eigenvalue weighted by Crippen LogP contribution is -2.14. The van der Waals surface area contributed by atoms with Crippen LogP contribution in [0.4, 0.5) is 0 Å². The van der Waals surface area contributed by atoms with Crippen LogP contribution in [0, 0.1) is 6.92 Å². The summed E-state index contributed by atoms with van der Waals surface area (Å²) in [7, 11) is 1.71. The van der Waals surface area contributed by atoms with Gasteiger partial charge in [-0.1, -0.05) is 38.5 Å². The smallest absolute Gasteiger partial charge is 0.130 e. The molecule has 0 bridgehead atoms. The maximum atomic E-state index is 11.1. The Balaban J connectivity index is 3.24. The molecule has 0 radical (unpaired) electrons. The van der Waals surface area contributed by atoms with E-state index in [2.05, 4.69) is 39.8 Å². The largest absolute Gasteiger partial charge is 0.496 e. The topological polar surface area (TPSA) is 26.3 Å². The Morgan fingerprint density at radius 3 is 2.33 bits per heavy atom. The number of Topliss-reactive ketones (excluding diaryl/α,β-unsaturated/α-hetero) is 1. The third-order valence-corrected chi connectivity index (χ3v) is 3.07. The van der Waals surface area contributed by atoms with E-state index in [4.69, 9.17) is 4.74 Å². The molecule has 0 unspecified atom stereocenters. The summed E-state index contributed by atoms with van der Waals surface area (Å²) in [5.41, 5.74) is 3.61. The van der Waals surface area contributed by atoms with Crippen molar-refractivity contribution in [3.63, 3.8) is 0 Å². The SMILES string of the molecule is COc1c(CCC(C)=O)cc(C)cc1C(C)(C)C. The highest BCUT2D eigenvalue weighted by molar-refractivity contribution is 5.75. The third-order valence-electron chi connectivity index (χ3n) is 3.07. The number of carbonyl (C=O) groups is 1. The van der Waals surface area contributed by atoms with E-state index in [0.717, 1.165) is 17.7 Å². The first-order valence-corrected chi connectivity index (χ1v) is 6.43. The molecular weight excluding hydrogens is 224 g/mol. The molecule has 1 aromatic carbocycles. The van der Waals surface area contributed by atoms with Crippen LogP contribution < -0.4 is 4.74 Å². The van der Waals surface area contributed by atoms with Crippen LogP contribution in [0.5, 0.6) is 5.75 Å². The number of methoxy groups -OCH3 is 1. The molecule has 0 N–H and O–H groups in total. The number of aryl methyl sites for hydroxylation is 2. The van der Waals surface area contributed by atoms with Crippen LogP contribution >= 0.6 is 0 Å². The predicted octanol–water partition coefficient (Wildman–Crippen LogP) is 3.82. The fourth-order valence-corrected chi connectivity index (χ4v) is 2.14. The molecule has 0 heterocycles. The Bertz CT molecular complexity index is 439. The molecule has 18 heavy (non-hydrogen) atoms. The van der Waals surface area contributed by atoms with Gasteiger partial charge in [-0.15, -0.1) is 0 Å². The van der Waals surface area contributed by atoms with Gasteiger partial charge in [0.25, 0.3) is 0 Å². The number of ketones is 1. The molecule has 0 aromatic heterocycles. The first kappa shape index (κ1) is 14.7. The van der Waals surface area contributed by atoms with Crippen LogP contribution in [-0.2, 0) is 16.6 Å². The van der Waals surface area contributed by atoms with Crippen LogP contribution in [0.3, 0.4) is 0 Å². The van der Waals surface area contributed by atoms with Gasteiger partial charge in [0.1, 0.15) is 11.5 Å². The average Bonchev–Trinajstić information content (AvgIpc) is 2.24. The summed E-state index contributed by atoms with van der Waals surface area (Å²) >= 11 is 0. The Hall–Kier alpha value is -1.31. The quantitative estimate of drug-likeness (QED) is 0.809. The number of hydrogen-bond acceptors (Lipinski definition) is 2. The van der Waals surface area contributed by atoms with Gasteiger partial charge in [-0.2, -0.15) is 0 Å². The van der Waals surface area contributed by atoms with E-state index in [1.807, 2.05) is 0 Å². The molecule has 100 valence electrons. The van der Waals surface area contributed by atoms with Crippen molar-refractivity contribution in [2.45, 2.75) is 52.9 Å². The molecule has 1 rings (SSSR count). The van der Waals surface area contributed by atoms with Crippen molar-refractivity contribution in [1.29, 1.82) is 0 Å². The van der Waals surface area contributed by atoms with Crippen LogP contribution in [0.1, 0.15) is 50.8 Å². The van der Waals surface area contributed by atoms with Gasteiger partial charge in [0.2, 0.25) is 0 Å². The van der Waals surface area contributed by atoms with Crippen molar-refractivity contribution < 1.29 is 9.53 Å².